The molecule has 0 aromatic heterocycles. The lowest BCUT2D eigenvalue weighted by molar-refractivity contribution is -0.139. The van der Waals surface area contributed by atoms with Crippen LogP contribution < -0.4 is 5.09 Å². The largest absolute Gasteiger partial charge is 0.480 e. The van der Waals surface area contributed by atoms with Gasteiger partial charge in [-0.1, -0.05) is 60.7 Å². The number of aliphatic carboxylic acids is 1. The highest BCUT2D eigenvalue weighted by atomic mass is 31.2. The molecule has 0 radical (unpaired) electrons. The van der Waals surface area contributed by atoms with E-state index < -0.39 is 19.5 Å². The highest BCUT2D eigenvalue weighted by Gasteiger charge is 2.27. The maximum Gasteiger partial charge on any atom is 0.321 e. The summed E-state index contributed by atoms with van der Waals surface area (Å²) in [5.74, 6) is -1.12. The van der Waals surface area contributed by atoms with Crippen LogP contribution in [0.15, 0.2) is 60.7 Å². The molecule has 2 rings (SSSR count). The lowest BCUT2D eigenvalue weighted by Gasteiger charge is -2.19. The fraction of sp³-hybridized carbons (Fsp3) is 0.235. The SMILES string of the molecule is O=C(O)C(CCc1ccccc1)NP(=O)(O)Cc1ccccc1. The van der Waals surface area contributed by atoms with Crippen molar-refractivity contribution in [3.8, 4) is 0 Å². The van der Waals surface area contributed by atoms with E-state index in [-0.39, 0.29) is 12.6 Å². The Morgan fingerprint density at radius 3 is 2.04 bits per heavy atom. The first-order valence-electron chi connectivity index (χ1n) is 7.36. The van der Waals surface area contributed by atoms with E-state index >= 15 is 0 Å². The molecule has 0 fully saturated rings. The Morgan fingerprint density at radius 2 is 1.52 bits per heavy atom. The predicted octanol–water partition coefficient (Wildman–Crippen LogP) is 3.05. The van der Waals surface area contributed by atoms with E-state index in [1.54, 1.807) is 24.3 Å². The lowest BCUT2D eigenvalue weighted by atomic mass is 10.1. The molecule has 0 saturated carbocycles. The van der Waals surface area contributed by atoms with Crippen LogP contribution in [0.5, 0.6) is 0 Å². The van der Waals surface area contributed by atoms with Crippen molar-refractivity contribution >= 4 is 13.5 Å². The van der Waals surface area contributed by atoms with Crippen LogP contribution in [0.3, 0.4) is 0 Å². The van der Waals surface area contributed by atoms with Crippen molar-refractivity contribution in [2.75, 3.05) is 0 Å². The number of benzene rings is 2. The molecule has 122 valence electrons. The summed E-state index contributed by atoms with van der Waals surface area (Å²) in [4.78, 5) is 21.4. The van der Waals surface area contributed by atoms with E-state index in [2.05, 4.69) is 5.09 Å². The van der Waals surface area contributed by atoms with Gasteiger partial charge in [-0.3, -0.25) is 9.36 Å². The van der Waals surface area contributed by atoms with E-state index in [0.717, 1.165) is 5.56 Å². The second-order valence-corrected chi connectivity index (χ2v) is 7.37. The third kappa shape index (κ3) is 5.99. The zero-order chi connectivity index (χ0) is 16.7. The zero-order valence-electron chi connectivity index (χ0n) is 12.6. The minimum Gasteiger partial charge on any atom is -0.480 e. The minimum atomic E-state index is -3.78. The molecule has 3 N–H and O–H groups in total. The summed E-state index contributed by atoms with van der Waals surface area (Å²) in [7, 11) is -3.78. The third-order valence-corrected chi connectivity index (χ3v) is 4.97. The smallest absolute Gasteiger partial charge is 0.321 e. The normalized spacial score (nSPS) is 14.8. The monoisotopic (exact) mass is 333 g/mol. The Morgan fingerprint density at radius 1 is 1.00 bits per heavy atom. The molecule has 0 amide bonds. The quantitative estimate of drug-likeness (QED) is 0.646. The Labute approximate surface area is 135 Å². The van der Waals surface area contributed by atoms with Crippen LogP contribution in [0.2, 0.25) is 0 Å². The molecule has 6 heteroatoms. The Hall–Kier alpha value is -1.94. The zero-order valence-corrected chi connectivity index (χ0v) is 13.5. The van der Waals surface area contributed by atoms with E-state index in [1.165, 1.54) is 0 Å². The van der Waals surface area contributed by atoms with Crippen molar-refractivity contribution < 1.29 is 19.4 Å². The standard InChI is InChI=1S/C17H20NO4P/c19-17(20)16(12-11-14-7-3-1-4-8-14)18-23(21,22)13-15-9-5-2-6-10-15/h1-10,16H,11-13H2,(H,19,20)(H2,18,21,22). The second kappa shape index (κ2) is 8.06. The number of hydrogen-bond donors (Lipinski definition) is 3. The predicted molar refractivity (Wildman–Crippen MR) is 89.3 cm³/mol. The number of nitrogens with one attached hydrogen (secondary N) is 1. The molecular weight excluding hydrogens is 313 g/mol. The van der Waals surface area contributed by atoms with Gasteiger partial charge in [0.25, 0.3) is 7.52 Å². The van der Waals surface area contributed by atoms with Crippen LogP contribution in [0.4, 0.5) is 0 Å². The van der Waals surface area contributed by atoms with Gasteiger partial charge in [0, 0.05) is 0 Å². The Bertz CT molecular complexity index is 676. The van der Waals surface area contributed by atoms with Crippen LogP contribution in [0, 0.1) is 0 Å². The summed E-state index contributed by atoms with van der Waals surface area (Å²) in [5.41, 5.74) is 1.69. The van der Waals surface area contributed by atoms with Crippen LogP contribution in [0.25, 0.3) is 0 Å². The van der Waals surface area contributed by atoms with Gasteiger partial charge in [0.1, 0.15) is 6.04 Å². The van der Waals surface area contributed by atoms with Crippen LogP contribution >= 0.6 is 7.52 Å². The highest BCUT2D eigenvalue weighted by Crippen LogP contribution is 2.40. The lowest BCUT2D eigenvalue weighted by Crippen LogP contribution is -2.35. The molecule has 5 nitrogen and oxygen atoms in total. The second-order valence-electron chi connectivity index (χ2n) is 5.39. The van der Waals surface area contributed by atoms with Gasteiger partial charge in [-0.05, 0) is 24.0 Å². The van der Waals surface area contributed by atoms with Gasteiger partial charge >= 0.3 is 5.97 Å². The molecule has 2 aromatic carbocycles. The topological polar surface area (TPSA) is 86.6 Å². The molecule has 0 heterocycles. The first-order chi connectivity index (χ1) is 11.0. The van der Waals surface area contributed by atoms with Crippen molar-refractivity contribution in [3.63, 3.8) is 0 Å². The molecule has 0 bridgehead atoms. The molecule has 2 aromatic rings. The Kier molecular flexibility index (Phi) is 6.11. The first-order valence-corrected chi connectivity index (χ1v) is 9.21. The van der Waals surface area contributed by atoms with Gasteiger partial charge in [-0.25, -0.2) is 5.09 Å². The maximum atomic E-state index is 12.3. The summed E-state index contributed by atoms with van der Waals surface area (Å²) in [6, 6.07) is 17.2. The molecular formula is C17H20NO4P. The van der Waals surface area contributed by atoms with Gasteiger partial charge in [0.05, 0.1) is 6.16 Å². The van der Waals surface area contributed by atoms with Gasteiger partial charge in [-0.2, -0.15) is 0 Å². The van der Waals surface area contributed by atoms with Crippen LogP contribution in [-0.4, -0.2) is 22.0 Å². The molecule has 0 aliphatic rings. The summed E-state index contributed by atoms with van der Waals surface area (Å²) in [5, 5.41) is 11.7. The first kappa shape index (κ1) is 17.4. The van der Waals surface area contributed by atoms with Crippen molar-refractivity contribution in [3.05, 3.63) is 71.8 Å². The molecule has 0 spiro atoms. The minimum absolute atomic E-state index is 0.0943. The van der Waals surface area contributed by atoms with Crippen molar-refractivity contribution in [1.82, 2.24) is 5.09 Å². The number of rotatable bonds is 8. The van der Waals surface area contributed by atoms with Crippen molar-refractivity contribution in [2.24, 2.45) is 0 Å². The maximum absolute atomic E-state index is 12.3. The number of aryl methyl sites for hydroxylation is 1. The molecule has 0 aliphatic carbocycles. The fourth-order valence-electron chi connectivity index (χ4n) is 2.32. The average Bonchev–Trinajstić information content (AvgIpc) is 2.52. The van der Waals surface area contributed by atoms with Crippen molar-refractivity contribution in [1.29, 1.82) is 0 Å². The summed E-state index contributed by atoms with van der Waals surface area (Å²) in [6.45, 7) is 0. The molecule has 2 atom stereocenters. The van der Waals surface area contributed by atoms with E-state index in [4.69, 9.17) is 0 Å². The number of carboxylic acids is 1. The van der Waals surface area contributed by atoms with E-state index in [9.17, 15) is 19.4 Å². The number of hydrogen-bond acceptors (Lipinski definition) is 2. The number of carbonyl (C=O) groups is 1. The van der Waals surface area contributed by atoms with Crippen LogP contribution in [-0.2, 0) is 21.9 Å². The van der Waals surface area contributed by atoms with Gasteiger partial charge in [0.15, 0.2) is 0 Å². The average molecular weight is 333 g/mol. The Balaban J connectivity index is 1.98. The third-order valence-electron chi connectivity index (χ3n) is 3.46. The number of carboxylic acid groups (broad SMARTS) is 1. The molecule has 0 saturated heterocycles. The molecule has 0 aliphatic heterocycles. The fourth-order valence-corrected chi connectivity index (χ4v) is 3.84. The highest BCUT2D eigenvalue weighted by molar-refractivity contribution is 7.55. The molecule has 2 unspecified atom stereocenters. The van der Waals surface area contributed by atoms with Crippen molar-refractivity contribution in [2.45, 2.75) is 25.0 Å². The summed E-state index contributed by atoms with van der Waals surface area (Å²) >= 11 is 0. The van der Waals surface area contributed by atoms with Gasteiger partial charge in [0.2, 0.25) is 0 Å². The van der Waals surface area contributed by atoms with E-state index in [0.29, 0.717) is 12.0 Å². The van der Waals surface area contributed by atoms with Crippen LogP contribution in [0.1, 0.15) is 17.5 Å². The van der Waals surface area contributed by atoms with Gasteiger partial charge < -0.3 is 10.00 Å². The van der Waals surface area contributed by atoms with Gasteiger partial charge in [-0.15, -0.1) is 0 Å². The van der Waals surface area contributed by atoms with E-state index in [1.807, 2.05) is 36.4 Å². The summed E-state index contributed by atoms with van der Waals surface area (Å²) in [6.07, 6.45) is 0.678. The summed E-state index contributed by atoms with van der Waals surface area (Å²) < 4.78 is 12.3. The molecule has 23 heavy (non-hydrogen) atoms.